The van der Waals surface area contributed by atoms with Gasteiger partial charge in [-0.05, 0) is 25.9 Å². The Kier molecular flexibility index (Phi) is 2.98. The molecule has 2 heterocycles. The summed E-state index contributed by atoms with van der Waals surface area (Å²) in [6.07, 6.45) is 3.12. The molecule has 2 rings (SSSR count). The van der Waals surface area contributed by atoms with Crippen LogP contribution < -0.4 is 5.32 Å². The zero-order valence-corrected chi connectivity index (χ0v) is 7.54. The van der Waals surface area contributed by atoms with Crippen LogP contribution in [0.2, 0.25) is 0 Å². The van der Waals surface area contributed by atoms with Crippen molar-refractivity contribution in [3.8, 4) is 0 Å². The summed E-state index contributed by atoms with van der Waals surface area (Å²) in [5.41, 5.74) is 0. The summed E-state index contributed by atoms with van der Waals surface area (Å²) >= 11 is 0. The Morgan fingerprint density at radius 3 is 2.83 bits per heavy atom. The van der Waals surface area contributed by atoms with Gasteiger partial charge in [-0.1, -0.05) is 0 Å². The fraction of sp³-hybridized carbons (Fsp3) is 1.00. The largest absolute Gasteiger partial charge is 0.374 e. The normalized spacial score (nSPS) is 32.5. The summed E-state index contributed by atoms with van der Waals surface area (Å²) in [5, 5.41) is 4.35. The van der Waals surface area contributed by atoms with Crippen molar-refractivity contribution < 1.29 is 4.74 Å². The van der Waals surface area contributed by atoms with Crippen LogP contribution in [0.3, 0.4) is 0 Å². The molecule has 3 heteroatoms. The van der Waals surface area contributed by atoms with Gasteiger partial charge in [0.05, 0.1) is 12.7 Å². The molecule has 0 amide bonds. The van der Waals surface area contributed by atoms with Crippen molar-refractivity contribution in [3.05, 3.63) is 0 Å². The average Bonchev–Trinajstić information content (AvgIpc) is 2.59. The maximum atomic E-state index is 5.60. The van der Waals surface area contributed by atoms with Crippen LogP contribution >= 0.6 is 0 Å². The molecule has 1 unspecified atom stereocenters. The highest BCUT2D eigenvalue weighted by atomic mass is 16.5. The lowest BCUT2D eigenvalue weighted by Crippen LogP contribution is -2.41. The summed E-state index contributed by atoms with van der Waals surface area (Å²) < 4.78 is 5.60. The first-order valence-corrected chi connectivity index (χ1v) is 4.92. The van der Waals surface area contributed by atoms with Gasteiger partial charge < -0.3 is 9.64 Å². The van der Waals surface area contributed by atoms with Crippen molar-refractivity contribution in [2.75, 3.05) is 39.3 Å². The number of likely N-dealkylation sites (tertiary alicyclic amines) is 1. The molecule has 2 aliphatic rings. The number of ether oxygens (including phenoxy) is 1. The second kappa shape index (κ2) is 4.21. The molecule has 0 saturated carbocycles. The number of nitrogens with zero attached hydrogens (tertiary/aromatic N) is 2. The fourth-order valence-electron chi connectivity index (χ4n) is 1.94. The van der Waals surface area contributed by atoms with Gasteiger partial charge in [0.25, 0.3) is 0 Å². The third kappa shape index (κ3) is 2.19. The average molecular weight is 169 g/mol. The van der Waals surface area contributed by atoms with Crippen LogP contribution in [-0.4, -0.2) is 50.3 Å². The van der Waals surface area contributed by atoms with Crippen molar-refractivity contribution in [1.82, 2.24) is 10.2 Å². The molecule has 69 valence electrons. The van der Waals surface area contributed by atoms with Crippen molar-refractivity contribution in [2.45, 2.75) is 18.9 Å². The second-order valence-corrected chi connectivity index (χ2v) is 3.63. The zero-order chi connectivity index (χ0) is 8.23. The van der Waals surface area contributed by atoms with Crippen molar-refractivity contribution in [1.29, 1.82) is 0 Å². The summed E-state index contributed by atoms with van der Waals surface area (Å²) in [6, 6.07) is 0. The molecule has 0 aliphatic carbocycles. The summed E-state index contributed by atoms with van der Waals surface area (Å²) in [7, 11) is 0. The lowest BCUT2D eigenvalue weighted by atomic mass is 10.3. The first-order chi connectivity index (χ1) is 5.95. The van der Waals surface area contributed by atoms with Crippen molar-refractivity contribution in [3.63, 3.8) is 0 Å². The summed E-state index contributed by atoms with van der Waals surface area (Å²) in [5.74, 6) is 0. The van der Waals surface area contributed by atoms with Gasteiger partial charge in [0.1, 0.15) is 0 Å². The van der Waals surface area contributed by atoms with Crippen molar-refractivity contribution >= 4 is 0 Å². The van der Waals surface area contributed by atoms with E-state index < -0.39 is 0 Å². The molecule has 0 spiro atoms. The molecular weight excluding hydrogens is 152 g/mol. The molecule has 3 nitrogen and oxygen atoms in total. The van der Waals surface area contributed by atoms with E-state index >= 15 is 0 Å². The Labute approximate surface area is 74.1 Å². The highest BCUT2D eigenvalue weighted by Gasteiger charge is 2.19. The van der Waals surface area contributed by atoms with E-state index in [-0.39, 0.29) is 0 Å². The second-order valence-electron chi connectivity index (χ2n) is 3.63. The third-order valence-corrected chi connectivity index (χ3v) is 2.60. The van der Waals surface area contributed by atoms with Gasteiger partial charge in [0.15, 0.2) is 0 Å². The molecule has 2 aliphatic heterocycles. The Bertz CT molecular complexity index is 128. The monoisotopic (exact) mass is 169 g/mol. The molecule has 0 aromatic carbocycles. The molecule has 2 fully saturated rings. The van der Waals surface area contributed by atoms with E-state index in [1.807, 2.05) is 0 Å². The molecule has 0 aromatic rings. The maximum Gasteiger partial charge on any atom is 0.0843 e. The van der Waals surface area contributed by atoms with Crippen LogP contribution in [0.5, 0.6) is 0 Å². The van der Waals surface area contributed by atoms with E-state index in [1.54, 1.807) is 0 Å². The van der Waals surface area contributed by atoms with E-state index in [1.165, 1.54) is 25.9 Å². The van der Waals surface area contributed by atoms with E-state index in [9.17, 15) is 0 Å². The molecule has 1 atom stereocenters. The lowest BCUT2D eigenvalue weighted by Gasteiger charge is -2.26. The third-order valence-electron chi connectivity index (χ3n) is 2.60. The number of hydrogen-bond acceptors (Lipinski definition) is 2. The number of morpholine rings is 1. The minimum Gasteiger partial charge on any atom is -0.374 e. The first-order valence-electron chi connectivity index (χ1n) is 4.92. The van der Waals surface area contributed by atoms with Crippen LogP contribution in [0.4, 0.5) is 0 Å². The van der Waals surface area contributed by atoms with Crippen LogP contribution in [0.1, 0.15) is 12.8 Å². The minimum absolute atomic E-state index is 0.386. The Balaban J connectivity index is 1.69. The standard InChI is InChI=1S/C9H17N2O/c1-2-5-11(4-1)8-9-7-10-3-6-12-9/h9H,1-8H2. The summed E-state index contributed by atoms with van der Waals surface area (Å²) in [6.45, 7) is 6.27. The van der Waals surface area contributed by atoms with Crippen LogP contribution in [-0.2, 0) is 4.74 Å². The van der Waals surface area contributed by atoms with E-state index in [0.717, 1.165) is 26.2 Å². The highest BCUT2D eigenvalue weighted by molar-refractivity contribution is 4.74. The number of hydrogen-bond donors (Lipinski definition) is 0. The van der Waals surface area contributed by atoms with E-state index in [0.29, 0.717) is 6.10 Å². The molecule has 2 saturated heterocycles. The number of rotatable bonds is 2. The molecule has 0 N–H and O–H groups in total. The van der Waals surface area contributed by atoms with Gasteiger partial charge >= 0.3 is 0 Å². The quantitative estimate of drug-likeness (QED) is 0.585. The maximum absolute atomic E-state index is 5.60. The van der Waals surface area contributed by atoms with Gasteiger partial charge in [-0.2, -0.15) is 0 Å². The van der Waals surface area contributed by atoms with E-state index in [4.69, 9.17) is 4.74 Å². The molecule has 1 radical (unpaired) electrons. The molecule has 12 heavy (non-hydrogen) atoms. The highest BCUT2D eigenvalue weighted by Crippen LogP contribution is 2.09. The molecular formula is C9H17N2O. The SMILES string of the molecule is C1CCN(CC2C[N]CCO2)C1. The fourth-order valence-corrected chi connectivity index (χ4v) is 1.94. The van der Waals surface area contributed by atoms with Gasteiger partial charge in [-0.25, -0.2) is 5.32 Å². The van der Waals surface area contributed by atoms with Crippen LogP contribution in [0, 0.1) is 0 Å². The molecule has 0 bridgehead atoms. The Morgan fingerprint density at radius 2 is 2.17 bits per heavy atom. The summed E-state index contributed by atoms with van der Waals surface area (Å²) in [4.78, 5) is 2.49. The van der Waals surface area contributed by atoms with Crippen LogP contribution in [0.25, 0.3) is 0 Å². The Hall–Kier alpha value is -0.120. The first kappa shape index (κ1) is 8.48. The van der Waals surface area contributed by atoms with Gasteiger partial charge in [0.2, 0.25) is 0 Å². The van der Waals surface area contributed by atoms with Gasteiger partial charge in [-0.3, -0.25) is 0 Å². The zero-order valence-electron chi connectivity index (χ0n) is 7.54. The van der Waals surface area contributed by atoms with Crippen molar-refractivity contribution in [2.24, 2.45) is 0 Å². The Morgan fingerprint density at radius 1 is 1.33 bits per heavy atom. The lowest BCUT2D eigenvalue weighted by molar-refractivity contribution is 0.00827. The van der Waals surface area contributed by atoms with Crippen LogP contribution in [0.15, 0.2) is 0 Å². The predicted octanol–water partition coefficient (Wildman–Crippen LogP) is 0.0854. The topological polar surface area (TPSA) is 26.6 Å². The van der Waals surface area contributed by atoms with E-state index in [2.05, 4.69) is 10.2 Å². The van der Waals surface area contributed by atoms with Gasteiger partial charge in [-0.15, -0.1) is 0 Å². The smallest absolute Gasteiger partial charge is 0.0843 e. The predicted molar refractivity (Wildman–Crippen MR) is 47.3 cm³/mol. The molecule has 0 aromatic heterocycles. The van der Waals surface area contributed by atoms with Gasteiger partial charge in [0, 0.05) is 19.6 Å². The minimum atomic E-state index is 0.386.